The Labute approximate surface area is 164 Å². The van der Waals surface area contributed by atoms with E-state index in [2.05, 4.69) is 31.6 Å². The summed E-state index contributed by atoms with van der Waals surface area (Å²) >= 11 is 5.68. The Bertz CT molecular complexity index is 927. The van der Waals surface area contributed by atoms with Crippen molar-refractivity contribution in [3.05, 3.63) is 65.8 Å². The second-order valence-electron chi connectivity index (χ2n) is 6.55. The number of anilines is 1. The van der Waals surface area contributed by atoms with Crippen molar-refractivity contribution in [1.29, 1.82) is 0 Å². The summed E-state index contributed by atoms with van der Waals surface area (Å²) < 4.78 is 10.2. The molecular formula is C20H23N5OS. The molecule has 6 nitrogen and oxygen atoms in total. The molecule has 1 aromatic carbocycles. The van der Waals surface area contributed by atoms with Gasteiger partial charge in [-0.05, 0) is 48.6 Å². The third kappa shape index (κ3) is 3.89. The van der Waals surface area contributed by atoms with Crippen molar-refractivity contribution in [1.82, 2.24) is 19.0 Å². The maximum absolute atomic E-state index is 5.68. The minimum atomic E-state index is 0.798. The van der Waals surface area contributed by atoms with Gasteiger partial charge in [-0.15, -0.1) is 0 Å². The zero-order chi connectivity index (χ0) is 18.6. The van der Waals surface area contributed by atoms with Crippen molar-refractivity contribution in [2.75, 3.05) is 38.2 Å². The summed E-state index contributed by atoms with van der Waals surface area (Å²) in [6.45, 7) is 4.74. The molecule has 4 rings (SSSR count). The first-order valence-corrected chi connectivity index (χ1v) is 9.46. The number of methoxy groups -OCH3 is 1. The van der Waals surface area contributed by atoms with Gasteiger partial charge in [-0.3, -0.25) is 9.47 Å². The van der Waals surface area contributed by atoms with Gasteiger partial charge in [0.15, 0.2) is 4.77 Å². The molecule has 0 unspecified atom stereocenters. The zero-order valence-corrected chi connectivity index (χ0v) is 16.2. The van der Waals surface area contributed by atoms with Crippen LogP contribution in [-0.2, 0) is 6.67 Å². The van der Waals surface area contributed by atoms with Crippen LogP contribution in [-0.4, -0.2) is 52.3 Å². The maximum atomic E-state index is 5.68. The summed E-state index contributed by atoms with van der Waals surface area (Å²) in [7, 11) is 1.67. The quantitative estimate of drug-likeness (QED) is 0.635. The molecule has 0 aliphatic carbocycles. The smallest absolute Gasteiger partial charge is 0.185 e. The zero-order valence-electron chi connectivity index (χ0n) is 15.4. The van der Waals surface area contributed by atoms with Crippen LogP contribution in [0.3, 0.4) is 0 Å². The van der Waals surface area contributed by atoms with Crippen LogP contribution in [0.1, 0.15) is 0 Å². The summed E-state index contributed by atoms with van der Waals surface area (Å²) in [5, 5.41) is 0. The summed E-state index contributed by atoms with van der Waals surface area (Å²) in [5.41, 5.74) is 1.04. The molecule has 2 aromatic heterocycles. The summed E-state index contributed by atoms with van der Waals surface area (Å²) in [5.74, 6) is 1.90. The van der Waals surface area contributed by atoms with Crippen molar-refractivity contribution >= 4 is 18.0 Å². The first kappa shape index (κ1) is 17.8. The number of imidazole rings is 1. The van der Waals surface area contributed by atoms with Gasteiger partial charge < -0.3 is 14.2 Å². The number of ether oxygens (including phenoxy) is 1. The number of hydrogen-bond donors (Lipinski definition) is 0. The van der Waals surface area contributed by atoms with E-state index in [1.165, 1.54) is 0 Å². The molecular weight excluding hydrogens is 358 g/mol. The van der Waals surface area contributed by atoms with E-state index in [1.54, 1.807) is 7.11 Å². The fraction of sp³-hybridized carbons (Fsp3) is 0.300. The summed E-state index contributed by atoms with van der Waals surface area (Å²) in [6.07, 6.45) is 5.93. The molecule has 0 saturated carbocycles. The number of hydrogen-bond acceptors (Lipinski definition) is 5. The van der Waals surface area contributed by atoms with E-state index >= 15 is 0 Å². The van der Waals surface area contributed by atoms with Gasteiger partial charge in [0.2, 0.25) is 0 Å². The molecule has 0 radical (unpaired) electrons. The Kier molecular flexibility index (Phi) is 5.22. The van der Waals surface area contributed by atoms with E-state index in [9.17, 15) is 0 Å². The Morgan fingerprint density at radius 2 is 1.78 bits per heavy atom. The Balaban J connectivity index is 1.41. The van der Waals surface area contributed by atoms with E-state index in [1.807, 2.05) is 53.4 Å². The lowest BCUT2D eigenvalue weighted by Crippen LogP contribution is -2.47. The predicted octanol–water partition coefficient (Wildman–Crippen LogP) is 3.19. The first-order chi connectivity index (χ1) is 13.2. The molecule has 140 valence electrons. The molecule has 1 aliphatic heterocycles. The van der Waals surface area contributed by atoms with Crippen LogP contribution in [0.2, 0.25) is 0 Å². The highest BCUT2D eigenvalue weighted by molar-refractivity contribution is 7.71. The van der Waals surface area contributed by atoms with E-state index in [0.717, 1.165) is 54.9 Å². The third-order valence-electron chi connectivity index (χ3n) is 4.90. The van der Waals surface area contributed by atoms with E-state index in [-0.39, 0.29) is 0 Å². The van der Waals surface area contributed by atoms with E-state index < -0.39 is 0 Å². The van der Waals surface area contributed by atoms with Crippen LogP contribution >= 0.6 is 12.2 Å². The normalized spacial score (nSPS) is 15.1. The largest absolute Gasteiger partial charge is 0.497 e. The average molecular weight is 382 g/mol. The minimum absolute atomic E-state index is 0.798. The van der Waals surface area contributed by atoms with Crippen LogP contribution in [0, 0.1) is 4.77 Å². The third-order valence-corrected chi connectivity index (χ3v) is 5.33. The monoisotopic (exact) mass is 381 g/mol. The molecule has 3 aromatic rings. The van der Waals surface area contributed by atoms with Crippen LogP contribution in [0.25, 0.3) is 5.69 Å². The molecule has 1 saturated heterocycles. The van der Waals surface area contributed by atoms with Gasteiger partial charge in [0.05, 0.1) is 13.8 Å². The highest BCUT2D eigenvalue weighted by Gasteiger charge is 2.18. The number of nitrogens with zero attached hydrogens (tertiary/aromatic N) is 5. The molecule has 0 N–H and O–H groups in total. The van der Waals surface area contributed by atoms with Crippen molar-refractivity contribution in [3.8, 4) is 11.4 Å². The lowest BCUT2D eigenvalue weighted by Gasteiger charge is -2.35. The number of pyridine rings is 1. The molecule has 0 spiro atoms. The van der Waals surface area contributed by atoms with Gasteiger partial charge in [-0.1, -0.05) is 6.07 Å². The Hall–Kier alpha value is -2.64. The van der Waals surface area contributed by atoms with Gasteiger partial charge >= 0.3 is 0 Å². The second-order valence-corrected chi connectivity index (χ2v) is 6.92. The highest BCUT2D eigenvalue weighted by atomic mass is 32.1. The molecule has 0 bridgehead atoms. The molecule has 0 atom stereocenters. The van der Waals surface area contributed by atoms with Gasteiger partial charge in [0.1, 0.15) is 11.6 Å². The van der Waals surface area contributed by atoms with Crippen molar-refractivity contribution < 1.29 is 4.74 Å². The van der Waals surface area contributed by atoms with E-state index in [4.69, 9.17) is 17.0 Å². The molecule has 3 heterocycles. The van der Waals surface area contributed by atoms with Crippen LogP contribution in [0.15, 0.2) is 61.1 Å². The fourth-order valence-electron chi connectivity index (χ4n) is 3.33. The first-order valence-electron chi connectivity index (χ1n) is 9.05. The van der Waals surface area contributed by atoms with Crippen LogP contribution in [0.4, 0.5) is 5.82 Å². The predicted molar refractivity (Wildman–Crippen MR) is 109 cm³/mol. The summed E-state index contributed by atoms with van der Waals surface area (Å²) in [6, 6.07) is 14.0. The molecule has 0 amide bonds. The number of piperazine rings is 1. The molecule has 1 aliphatic rings. The van der Waals surface area contributed by atoms with Gasteiger partial charge in [-0.2, -0.15) is 0 Å². The van der Waals surface area contributed by atoms with Gasteiger partial charge in [0.25, 0.3) is 0 Å². The molecule has 27 heavy (non-hydrogen) atoms. The van der Waals surface area contributed by atoms with Crippen molar-refractivity contribution in [3.63, 3.8) is 0 Å². The van der Waals surface area contributed by atoms with Crippen molar-refractivity contribution in [2.24, 2.45) is 0 Å². The van der Waals surface area contributed by atoms with Crippen molar-refractivity contribution in [2.45, 2.75) is 6.67 Å². The fourth-order valence-corrected chi connectivity index (χ4v) is 3.62. The van der Waals surface area contributed by atoms with E-state index in [0.29, 0.717) is 0 Å². The number of rotatable bonds is 5. The molecule has 7 heteroatoms. The lowest BCUT2D eigenvalue weighted by atomic mass is 10.3. The highest BCUT2D eigenvalue weighted by Crippen LogP contribution is 2.17. The second kappa shape index (κ2) is 7.94. The minimum Gasteiger partial charge on any atom is -0.497 e. The average Bonchev–Trinajstić information content (AvgIpc) is 3.09. The van der Waals surface area contributed by atoms with Crippen LogP contribution in [0.5, 0.6) is 5.75 Å². The molecule has 1 fully saturated rings. The number of aromatic nitrogens is 3. The Morgan fingerprint density at radius 3 is 2.44 bits per heavy atom. The standard InChI is InChI=1S/C20H23N5OS/c1-26-18-7-5-17(6-8-18)25-15-14-24(20(25)27)16-22-10-12-23(13-11-22)19-4-2-3-9-21-19/h2-9,14-15H,10-13,16H2,1H3. The SMILES string of the molecule is COc1ccc(-n2ccn(CN3CCN(c4ccccn4)CC3)c2=S)cc1. The summed E-state index contributed by atoms with van der Waals surface area (Å²) in [4.78, 5) is 9.20. The van der Waals surface area contributed by atoms with Crippen LogP contribution < -0.4 is 9.64 Å². The topological polar surface area (TPSA) is 38.5 Å². The maximum Gasteiger partial charge on any atom is 0.185 e. The Morgan fingerprint density at radius 1 is 1.00 bits per heavy atom. The van der Waals surface area contributed by atoms with Gasteiger partial charge in [-0.25, -0.2) is 4.98 Å². The number of benzene rings is 1. The van der Waals surface area contributed by atoms with Gasteiger partial charge in [0, 0.05) is 50.5 Å². The lowest BCUT2D eigenvalue weighted by molar-refractivity contribution is 0.204.